The number of rotatable bonds is 3. The summed E-state index contributed by atoms with van der Waals surface area (Å²) in [6.45, 7) is 0. The van der Waals surface area contributed by atoms with Crippen LogP contribution in [0, 0.1) is 9.49 Å². The Balaban J connectivity index is 2.11. The van der Waals surface area contributed by atoms with Gasteiger partial charge < -0.3 is 0 Å². The lowest BCUT2D eigenvalue weighted by molar-refractivity contribution is 0.273. The smallest absolute Gasteiger partial charge is 0.0488 e. The van der Waals surface area contributed by atoms with Crippen LogP contribution in [0.3, 0.4) is 0 Å². The van der Waals surface area contributed by atoms with Crippen molar-refractivity contribution >= 4 is 22.6 Å². The number of nitrogens with two attached hydrogens (primary N) is 1. The number of hydrogen-bond acceptors (Lipinski definition) is 2. The summed E-state index contributed by atoms with van der Waals surface area (Å²) in [5.74, 6) is 6.43. The van der Waals surface area contributed by atoms with Crippen LogP contribution in [0.5, 0.6) is 0 Å². The van der Waals surface area contributed by atoms with Crippen molar-refractivity contribution in [2.75, 3.05) is 0 Å². The average Bonchev–Trinajstić information content (AvgIpc) is 2.34. The first-order valence-electron chi connectivity index (χ1n) is 6.03. The van der Waals surface area contributed by atoms with Crippen LogP contribution in [0.2, 0.25) is 0 Å². The van der Waals surface area contributed by atoms with Crippen molar-refractivity contribution < 1.29 is 0 Å². The van der Waals surface area contributed by atoms with Crippen molar-refractivity contribution in [3.8, 4) is 0 Å². The van der Waals surface area contributed by atoms with E-state index in [9.17, 15) is 0 Å². The standard InChI is InChI=1S/C13H19IN2/c14-12-8-6-11(7-9-12)13(16-15)10-4-2-1-3-5-10/h6-10,13,16H,1-5,15H2. The summed E-state index contributed by atoms with van der Waals surface area (Å²) in [7, 11) is 0. The molecule has 0 heterocycles. The molecule has 1 atom stereocenters. The first kappa shape index (κ1) is 12.3. The highest BCUT2D eigenvalue weighted by atomic mass is 127. The van der Waals surface area contributed by atoms with Gasteiger partial charge >= 0.3 is 0 Å². The molecule has 0 bridgehead atoms. The van der Waals surface area contributed by atoms with Gasteiger partial charge in [-0.1, -0.05) is 31.4 Å². The van der Waals surface area contributed by atoms with E-state index in [2.05, 4.69) is 52.3 Å². The average molecular weight is 330 g/mol. The SMILES string of the molecule is NNC(c1ccc(I)cc1)C1CCCCC1. The lowest BCUT2D eigenvalue weighted by Crippen LogP contribution is -2.34. The van der Waals surface area contributed by atoms with Gasteiger partial charge in [-0.2, -0.15) is 0 Å². The molecule has 0 aromatic heterocycles. The zero-order valence-corrected chi connectivity index (χ0v) is 11.6. The Morgan fingerprint density at radius 3 is 2.31 bits per heavy atom. The summed E-state index contributed by atoms with van der Waals surface area (Å²) >= 11 is 2.33. The van der Waals surface area contributed by atoms with Gasteiger partial charge in [-0.15, -0.1) is 0 Å². The van der Waals surface area contributed by atoms with Gasteiger partial charge in [-0.25, -0.2) is 0 Å². The van der Waals surface area contributed by atoms with Crippen LogP contribution in [0.4, 0.5) is 0 Å². The molecule has 88 valence electrons. The van der Waals surface area contributed by atoms with Crippen LogP contribution >= 0.6 is 22.6 Å². The Morgan fingerprint density at radius 1 is 1.12 bits per heavy atom. The highest BCUT2D eigenvalue weighted by Crippen LogP contribution is 2.33. The van der Waals surface area contributed by atoms with Gasteiger partial charge in [0.25, 0.3) is 0 Å². The van der Waals surface area contributed by atoms with Gasteiger partial charge in [-0.3, -0.25) is 11.3 Å². The fourth-order valence-electron chi connectivity index (χ4n) is 2.64. The van der Waals surface area contributed by atoms with E-state index in [1.807, 2.05) is 0 Å². The van der Waals surface area contributed by atoms with E-state index < -0.39 is 0 Å². The molecule has 1 aromatic carbocycles. The van der Waals surface area contributed by atoms with Crippen molar-refractivity contribution in [3.05, 3.63) is 33.4 Å². The van der Waals surface area contributed by atoms with Crippen LogP contribution in [0.25, 0.3) is 0 Å². The Bertz CT molecular complexity index is 317. The van der Waals surface area contributed by atoms with Crippen molar-refractivity contribution in [1.29, 1.82) is 0 Å². The highest BCUT2D eigenvalue weighted by Gasteiger charge is 2.23. The van der Waals surface area contributed by atoms with Crippen LogP contribution in [0.15, 0.2) is 24.3 Å². The number of hydrogen-bond donors (Lipinski definition) is 2. The fraction of sp³-hybridized carbons (Fsp3) is 0.538. The maximum Gasteiger partial charge on any atom is 0.0488 e. The Hall–Kier alpha value is -0.130. The topological polar surface area (TPSA) is 38.0 Å². The second kappa shape index (κ2) is 5.98. The van der Waals surface area contributed by atoms with E-state index in [1.54, 1.807) is 0 Å². The first-order chi connectivity index (χ1) is 7.81. The van der Waals surface area contributed by atoms with Crippen molar-refractivity contribution in [1.82, 2.24) is 5.43 Å². The monoisotopic (exact) mass is 330 g/mol. The van der Waals surface area contributed by atoms with E-state index in [0.29, 0.717) is 12.0 Å². The second-order valence-electron chi connectivity index (χ2n) is 4.59. The van der Waals surface area contributed by atoms with Crippen molar-refractivity contribution in [2.45, 2.75) is 38.1 Å². The van der Waals surface area contributed by atoms with Gasteiger partial charge in [0.2, 0.25) is 0 Å². The number of benzene rings is 1. The predicted molar refractivity (Wildman–Crippen MR) is 75.8 cm³/mol. The largest absolute Gasteiger partial charge is 0.271 e. The van der Waals surface area contributed by atoms with Crippen molar-refractivity contribution in [2.24, 2.45) is 11.8 Å². The number of halogens is 1. The molecule has 2 rings (SSSR count). The van der Waals surface area contributed by atoms with Crippen molar-refractivity contribution in [3.63, 3.8) is 0 Å². The molecule has 2 nitrogen and oxygen atoms in total. The van der Waals surface area contributed by atoms with E-state index in [-0.39, 0.29) is 0 Å². The molecular weight excluding hydrogens is 311 g/mol. The van der Waals surface area contributed by atoms with Crippen LogP contribution in [0.1, 0.15) is 43.7 Å². The summed E-state index contributed by atoms with van der Waals surface area (Å²) < 4.78 is 1.28. The second-order valence-corrected chi connectivity index (χ2v) is 5.84. The summed E-state index contributed by atoms with van der Waals surface area (Å²) in [5.41, 5.74) is 4.33. The Labute approximate surface area is 111 Å². The molecule has 0 amide bonds. The third-order valence-corrected chi connectivity index (χ3v) is 4.25. The third-order valence-electron chi connectivity index (χ3n) is 3.53. The normalized spacial score (nSPS) is 19.6. The van der Waals surface area contributed by atoms with Gasteiger partial charge in [-0.05, 0) is 59.0 Å². The molecule has 1 fully saturated rings. The predicted octanol–water partition coefficient (Wildman–Crippen LogP) is 3.38. The Morgan fingerprint density at radius 2 is 1.75 bits per heavy atom. The minimum atomic E-state index is 0.331. The minimum absolute atomic E-state index is 0.331. The number of hydrazine groups is 1. The lowest BCUT2D eigenvalue weighted by atomic mass is 9.81. The molecule has 1 aliphatic carbocycles. The molecular formula is C13H19IN2. The summed E-state index contributed by atoms with van der Waals surface area (Å²) in [6.07, 6.45) is 6.71. The van der Waals surface area contributed by atoms with E-state index in [1.165, 1.54) is 41.2 Å². The molecule has 16 heavy (non-hydrogen) atoms. The zero-order chi connectivity index (χ0) is 11.4. The minimum Gasteiger partial charge on any atom is -0.271 e. The first-order valence-corrected chi connectivity index (χ1v) is 7.10. The van der Waals surface area contributed by atoms with Gasteiger partial charge in [0.15, 0.2) is 0 Å². The molecule has 0 spiro atoms. The maximum absolute atomic E-state index is 5.72. The van der Waals surface area contributed by atoms with E-state index >= 15 is 0 Å². The number of nitrogens with one attached hydrogen (secondary N) is 1. The van der Waals surface area contributed by atoms with Crippen LogP contribution < -0.4 is 11.3 Å². The molecule has 1 saturated carbocycles. The van der Waals surface area contributed by atoms with E-state index in [4.69, 9.17) is 5.84 Å². The summed E-state index contributed by atoms with van der Waals surface area (Å²) in [5, 5.41) is 0. The Kier molecular flexibility index (Phi) is 4.61. The van der Waals surface area contributed by atoms with Gasteiger partial charge in [0.1, 0.15) is 0 Å². The fourth-order valence-corrected chi connectivity index (χ4v) is 3.00. The molecule has 0 radical (unpaired) electrons. The quantitative estimate of drug-likeness (QED) is 0.507. The molecule has 1 aliphatic rings. The van der Waals surface area contributed by atoms with Crippen LogP contribution in [-0.2, 0) is 0 Å². The van der Waals surface area contributed by atoms with Gasteiger partial charge in [0, 0.05) is 9.61 Å². The molecule has 3 N–H and O–H groups in total. The zero-order valence-electron chi connectivity index (χ0n) is 9.45. The highest BCUT2D eigenvalue weighted by molar-refractivity contribution is 14.1. The van der Waals surface area contributed by atoms with Gasteiger partial charge in [0.05, 0.1) is 0 Å². The lowest BCUT2D eigenvalue weighted by Gasteiger charge is -2.30. The maximum atomic E-state index is 5.72. The molecule has 3 heteroatoms. The summed E-state index contributed by atoms with van der Waals surface area (Å²) in [6, 6.07) is 9.03. The molecule has 0 aliphatic heterocycles. The molecule has 0 saturated heterocycles. The summed E-state index contributed by atoms with van der Waals surface area (Å²) in [4.78, 5) is 0. The molecule has 1 unspecified atom stereocenters. The van der Waals surface area contributed by atoms with Crippen LogP contribution in [-0.4, -0.2) is 0 Å². The third kappa shape index (κ3) is 2.96. The molecule has 1 aromatic rings. The van der Waals surface area contributed by atoms with E-state index in [0.717, 1.165) is 0 Å².